The van der Waals surface area contributed by atoms with Crippen molar-refractivity contribution in [3.63, 3.8) is 0 Å². The van der Waals surface area contributed by atoms with Crippen molar-refractivity contribution in [3.05, 3.63) is 57.7 Å². The smallest absolute Gasteiger partial charge is 0.349 e. The van der Waals surface area contributed by atoms with Crippen molar-refractivity contribution in [3.8, 4) is 5.75 Å². The van der Waals surface area contributed by atoms with Gasteiger partial charge in [0.25, 0.3) is 0 Å². The molecule has 4 N–H and O–H groups in total. The monoisotopic (exact) mass is 380 g/mol. The number of benzene rings is 2. The van der Waals surface area contributed by atoms with Crippen LogP contribution < -0.4 is 11.4 Å². The molecule has 134 valence electrons. The highest BCUT2D eigenvalue weighted by Crippen LogP contribution is 2.41. The largest absolute Gasteiger partial charge is 0.506 e. The fraction of sp³-hybridized carbons (Fsp3) is 0.0588. The highest BCUT2D eigenvalue weighted by Gasteiger charge is 2.28. The lowest BCUT2D eigenvalue weighted by Crippen LogP contribution is -2.13. The molecule has 0 aliphatic heterocycles. The van der Waals surface area contributed by atoms with Gasteiger partial charge in [0.15, 0.2) is 23.0 Å². The fourth-order valence-corrected chi connectivity index (χ4v) is 3.31. The zero-order chi connectivity index (χ0) is 19.2. The van der Waals surface area contributed by atoms with E-state index in [0.717, 1.165) is 6.92 Å². The molecule has 0 atom stereocenters. The summed E-state index contributed by atoms with van der Waals surface area (Å²) in [5, 5.41) is 16.6. The lowest BCUT2D eigenvalue weighted by molar-refractivity contribution is 0.434. The number of hydrogen-bond donors (Lipinski definition) is 3. The highest BCUT2D eigenvalue weighted by molar-refractivity contribution is 7.99. The van der Waals surface area contributed by atoms with E-state index >= 15 is 0 Å². The molecular formula is C17H11F3N2O3S. The number of para-hydroxylation sites is 1. The van der Waals surface area contributed by atoms with E-state index in [-0.39, 0.29) is 10.6 Å². The number of nitrogens with two attached hydrogens (primary N) is 1. The summed E-state index contributed by atoms with van der Waals surface area (Å²) in [5.41, 5.74) is 2.67. The van der Waals surface area contributed by atoms with Crippen LogP contribution in [0.3, 0.4) is 0 Å². The molecule has 2 aromatic carbocycles. The summed E-state index contributed by atoms with van der Waals surface area (Å²) < 4.78 is 48.4. The third-order valence-electron chi connectivity index (χ3n) is 3.62. The molecule has 0 amide bonds. The second kappa shape index (κ2) is 6.41. The van der Waals surface area contributed by atoms with Gasteiger partial charge < -0.3 is 20.7 Å². The number of halogens is 3. The summed E-state index contributed by atoms with van der Waals surface area (Å²) in [7, 11) is 0. The molecule has 0 aliphatic rings. The van der Waals surface area contributed by atoms with Crippen molar-refractivity contribution in [1.29, 1.82) is 5.41 Å². The number of rotatable bonds is 3. The standard InChI is InChI=1S/C17H11F3N2O3S/c1-6(21)9-14(23)10-11(18)12(19)16(13(20)15(10)25-17(9)24)26-8-5-3-2-4-7(8)22/h2-5,21,23H,22H2,1H3. The lowest BCUT2D eigenvalue weighted by Gasteiger charge is -2.12. The normalized spacial score (nSPS) is 11.1. The molecule has 9 heteroatoms. The van der Waals surface area contributed by atoms with Crippen molar-refractivity contribution < 1.29 is 22.7 Å². The summed E-state index contributed by atoms with van der Waals surface area (Å²) >= 11 is 0.518. The first kappa shape index (κ1) is 17.9. The molecule has 0 saturated heterocycles. The predicted molar refractivity (Wildman–Crippen MR) is 91.5 cm³/mol. The molecule has 3 rings (SSSR count). The van der Waals surface area contributed by atoms with Crippen molar-refractivity contribution in [1.82, 2.24) is 0 Å². The predicted octanol–water partition coefficient (Wildman–Crippen LogP) is 4.04. The van der Waals surface area contributed by atoms with E-state index in [4.69, 9.17) is 15.6 Å². The van der Waals surface area contributed by atoms with E-state index in [1.54, 1.807) is 12.1 Å². The van der Waals surface area contributed by atoms with Gasteiger partial charge in [0.1, 0.15) is 16.7 Å². The van der Waals surface area contributed by atoms with Gasteiger partial charge in [0.2, 0.25) is 0 Å². The summed E-state index contributed by atoms with van der Waals surface area (Å²) in [6.07, 6.45) is 0. The van der Waals surface area contributed by atoms with Gasteiger partial charge in [-0.1, -0.05) is 23.9 Å². The molecule has 0 bridgehead atoms. The third kappa shape index (κ3) is 2.70. The second-order valence-corrected chi connectivity index (χ2v) is 6.41. The zero-order valence-corrected chi connectivity index (χ0v) is 14.0. The Hall–Kier alpha value is -2.94. The first-order chi connectivity index (χ1) is 12.2. The highest BCUT2D eigenvalue weighted by atomic mass is 32.2. The molecule has 1 aromatic heterocycles. The average Bonchev–Trinajstić information content (AvgIpc) is 2.57. The summed E-state index contributed by atoms with van der Waals surface area (Å²) in [5.74, 6) is -5.56. The van der Waals surface area contributed by atoms with Crippen LogP contribution in [-0.4, -0.2) is 10.8 Å². The molecule has 3 aromatic rings. The summed E-state index contributed by atoms with van der Waals surface area (Å²) in [6.45, 7) is 1.14. The molecule has 0 fully saturated rings. The van der Waals surface area contributed by atoms with Crippen LogP contribution in [0.15, 0.2) is 43.3 Å². The Labute approximate surface area is 148 Å². The zero-order valence-electron chi connectivity index (χ0n) is 13.2. The molecule has 5 nitrogen and oxygen atoms in total. The SMILES string of the molecule is CC(=N)c1c(O)c2c(F)c(F)c(Sc3ccccc3N)c(F)c2oc1=O. The van der Waals surface area contributed by atoms with Gasteiger partial charge in [0.05, 0.1) is 4.90 Å². The number of nitrogen functional groups attached to an aromatic ring is 1. The number of fused-ring (bicyclic) bond motifs is 1. The van der Waals surface area contributed by atoms with Gasteiger partial charge in [-0.3, -0.25) is 0 Å². The van der Waals surface area contributed by atoms with E-state index in [1.165, 1.54) is 12.1 Å². The van der Waals surface area contributed by atoms with Crippen LogP contribution in [0.25, 0.3) is 11.0 Å². The van der Waals surface area contributed by atoms with Crippen LogP contribution in [-0.2, 0) is 0 Å². The fourth-order valence-electron chi connectivity index (χ4n) is 2.39. The van der Waals surface area contributed by atoms with Crippen LogP contribution in [0, 0.1) is 22.9 Å². The Kier molecular flexibility index (Phi) is 4.41. The Morgan fingerprint density at radius 1 is 1.19 bits per heavy atom. The maximum Gasteiger partial charge on any atom is 0.349 e. The number of aromatic hydroxyl groups is 1. The minimum Gasteiger partial charge on any atom is -0.506 e. The Morgan fingerprint density at radius 3 is 2.46 bits per heavy atom. The van der Waals surface area contributed by atoms with Crippen LogP contribution in [0.5, 0.6) is 5.75 Å². The Bertz CT molecular complexity index is 1130. The van der Waals surface area contributed by atoms with Crippen molar-refractivity contribution in [2.75, 3.05) is 5.73 Å². The van der Waals surface area contributed by atoms with E-state index < -0.39 is 56.0 Å². The van der Waals surface area contributed by atoms with E-state index in [2.05, 4.69) is 0 Å². The molecule has 0 unspecified atom stereocenters. The van der Waals surface area contributed by atoms with Gasteiger partial charge in [-0.05, 0) is 19.1 Å². The molecule has 0 aliphatic carbocycles. The van der Waals surface area contributed by atoms with Crippen LogP contribution in [0.4, 0.5) is 18.9 Å². The van der Waals surface area contributed by atoms with E-state index in [0.29, 0.717) is 11.8 Å². The number of hydrogen-bond acceptors (Lipinski definition) is 6. The quantitative estimate of drug-likeness (QED) is 0.276. The molecule has 0 spiro atoms. The van der Waals surface area contributed by atoms with Gasteiger partial charge in [-0.15, -0.1) is 0 Å². The summed E-state index contributed by atoms with van der Waals surface area (Å²) in [6, 6.07) is 6.18. The first-order valence-electron chi connectivity index (χ1n) is 7.18. The second-order valence-electron chi connectivity index (χ2n) is 5.35. The van der Waals surface area contributed by atoms with Gasteiger partial charge >= 0.3 is 5.63 Å². The topological polar surface area (TPSA) is 100 Å². The van der Waals surface area contributed by atoms with Crippen molar-refractivity contribution in [2.24, 2.45) is 0 Å². The van der Waals surface area contributed by atoms with Crippen molar-refractivity contribution >= 4 is 34.1 Å². The van der Waals surface area contributed by atoms with Gasteiger partial charge in [-0.25, -0.2) is 18.0 Å². The summed E-state index contributed by atoms with van der Waals surface area (Å²) in [4.78, 5) is 11.4. The third-order valence-corrected chi connectivity index (χ3v) is 4.77. The maximum atomic E-state index is 14.8. The van der Waals surface area contributed by atoms with Crippen LogP contribution in [0.1, 0.15) is 12.5 Å². The van der Waals surface area contributed by atoms with Crippen LogP contribution >= 0.6 is 11.8 Å². The van der Waals surface area contributed by atoms with Crippen LogP contribution in [0.2, 0.25) is 0 Å². The van der Waals surface area contributed by atoms with Crippen molar-refractivity contribution in [2.45, 2.75) is 16.7 Å². The molecule has 0 radical (unpaired) electrons. The Balaban J connectivity index is 2.35. The lowest BCUT2D eigenvalue weighted by atomic mass is 10.1. The molecule has 0 saturated carbocycles. The maximum absolute atomic E-state index is 14.8. The Morgan fingerprint density at radius 2 is 1.85 bits per heavy atom. The van der Waals surface area contributed by atoms with E-state index in [1.807, 2.05) is 0 Å². The molecule has 26 heavy (non-hydrogen) atoms. The van der Waals surface area contributed by atoms with Gasteiger partial charge in [0, 0.05) is 16.3 Å². The number of nitrogens with one attached hydrogen (secondary N) is 1. The molecule has 1 heterocycles. The van der Waals surface area contributed by atoms with E-state index in [9.17, 15) is 23.1 Å². The minimum atomic E-state index is -1.60. The minimum absolute atomic E-state index is 0.218. The first-order valence-corrected chi connectivity index (χ1v) is 7.99. The molecular weight excluding hydrogens is 369 g/mol. The van der Waals surface area contributed by atoms with Gasteiger partial charge in [-0.2, -0.15) is 0 Å². The number of anilines is 1. The average molecular weight is 380 g/mol.